The molecule has 0 aliphatic carbocycles. The van der Waals surface area contributed by atoms with Gasteiger partial charge in [-0.15, -0.1) is 0 Å². The van der Waals surface area contributed by atoms with Crippen LogP contribution in [-0.4, -0.2) is 8.42 Å². The summed E-state index contributed by atoms with van der Waals surface area (Å²) in [6, 6.07) is 5.45. The first-order valence-corrected chi connectivity index (χ1v) is 7.89. The second-order valence-electron chi connectivity index (χ2n) is 4.05. The maximum absolute atomic E-state index is 13.4. The van der Waals surface area contributed by atoms with E-state index in [1.165, 1.54) is 0 Å². The fraction of sp³-hybridized carbons (Fsp3) is 0.0769. The summed E-state index contributed by atoms with van der Waals surface area (Å²) in [5.41, 5.74) is -0.114. The molecule has 0 radical (unpaired) electrons. The Morgan fingerprint density at radius 2 is 1.62 bits per heavy atom. The van der Waals surface area contributed by atoms with Gasteiger partial charge in [-0.3, -0.25) is 0 Å². The fourth-order valence-electron chi connectivity index (χ4n) is 1.60. The SMILES string of the molecule is O=S(=O)(Cl)c1cc(F)ccc1OCc1cc(F)ccc1F. The Hall–Kier alpha value is -1.73. The lowest BCUT2D eigenvalue weighted by atomic mass is 10.2. The minimum Gasteiger partial charge on any atom is -0.487 e. The third-order valence-electron chi connectivity index (χ3n) is 2.56. The predicted octanol–water partition coefficient (Wildman–Crippen LogP) is 3.61. The van der Waals surface area contributed by atoms with Gasteiger partial charge in [-0.2, -0.15) is 0 Å². The molecule has 0 aliphatic heterocycles. The van der Waals surface area contributed by atoms with E-state index in [0.29, 0.717) is 6.07 Å². The number of halogens is 4. The molecule has 0 heterocycles. The Kier molecular flexibility index (Phi) is 4.43. The summed E-state index contributed by atoms with van der Waals surface area (Å²) < 4.78 is 67.2. The number of rotatable bonds is 4. The van der Waals surface area contributed by atoms with Crippen molar-refractivity contribution in [2.24, 2.45) is 0 Å². The van der Waals surface area contributed by atoms with Crippen molar-refractivity contribution >= 4 is 19.7 Å². The van der Waals surface area contributed by atoms with E-state index in [1.54, 1.807) is 0 Å². The molecule has 8 heteroatoms. The van der Waals surface area contributed by atoms with Gasteiger partial charge in [0.05, 0.1) is 0 Å². The molecule has 2 aromatic carbocycles. The van der Waals surface area contributed by atoms with E-state index in [0.717, 1.165) is 30.3 Å². The summed E-state index contributed by atoms with van der Waals surface area (Å²) >= 11 is 0. The Morgan fingerprint density at radius 1 is 1.00 bits per heavy atom. The molecule has 0 bridgehead atoms. The molecule has 0 saturated carbocycles. The molecule has 112 valence electrons. The molecular weight excluding hydrogens is 329 g/mol. The van der Waals surface area contributed by atoms with E-state index >= 15 is 0 Å². The first-order valence-electron chi connectivity index (χ1n) is 5.58. The molecule has 21 heavy (non-hydrogen) atoms. The largest absolute Gasteiger partial charge is 0.487 e. The summed E-state index contributed by atoms with van der Waals surface area (Å²) in [5, 5.41) is 0. The molecule has 0 unspecified atom stereocenters. The highest BCUT2D eigenvalue weighted by Gasteiger charge is 2.18. The molecule has 0 atom stereocenters. The van der Waals surface area contributed by atoms with Crippen LogP contribution in [0.2, 0.25) is 0 Å². The van der Waals surface area contributed by atoms with Crippen LogP contribution in [0.1, 0.15) is 5.56 Å². The Bertz CT molecular complexity index is 778. The summed E-state index contributed by atoms with van der Waals surface area (Å²) in [6.45, 7) is -0.436. The molecule has 0 aromatic heterocycles. The lowest BCUT2D eigenvalue weighted by Crippen LogP contribution is -2.03. The molecule has 0 aliphatic rings. The van der Waals surface area contributed by atoms with Crippen molar-refractivity contribution in [1.82, 2.24) is 0 Å². The number of ether oxygens (including phenoxy) is 1. The minimum atomic E-state index is -4.24. The highest BCUT2D eigenvalue weighted by Crippen LogP contribution is 2.28. The van der Waals surface area contributed by atoms with Gasteiger partial charge in [-0.05, 0) is 36.4 Å². The van der Waals surface area contributed by atoms with Gasteiger partial charge in [-0.25, -0.2) is 21.6 Å². The number of hydrogen-bond acceptors (Lipinski definition) is 3. The van der Waals surface area contributed by atoms with Crippen molar-refractivity contribution in [3.63, 3.8) is 0 Å². The van der Waals surface area contributed by atoms with Crippen molar-refractivity contribution < 1.29 is 26.3 Å². The lowest BCUT2D eigenvalue weighted by molar-refractivity contribution is 0.290. The molecule has 2 rings (SSSR count). The van der Waals surface area contributed by atoms with Crippen molar-refractivity contribution in [1.29, 1.82) is 0 Å². The fourth-order valence-corrected chi connectivity index (χ4v) is 2.58. The van der Waals surface area contributed by atoms with E-state index in [1.807, 2.05) is 0 Å². The monoisotopic (exact) mass is 336 g/mol. The standard InChI is InChI=1S/C13H8ClF3O3S/c14-21(18,19)13-6-10(16)2-4-12(13)20-7-8-5-9(15)1-3-11(8)17/h1-6H,7H2. The van der Waals surface area contributed by atoms with Crippen molar-refractivity contribution in [2.75, 3.05) is 0 Å². The summed E-state index contributed by atoms with van der Waals surface area (Å²) in [7, 11) is 0.926. The topological polar surface area (TPSA) is 43.4 Å². The van der Waals surface area contributed by atoms with Crippen molar-refractivity contribution in [3.05, 3.63) is 59.4 Å². The zero-order valence-corrected chi connectivity index (χ0v) is 11.9. The van der Waals surface area contributed by atoms with E-state index < -0.39 is 38.0 Å². The van der Waals surface area contributed by atoms with Crippen LogP contribution in [0.5, 0.6) is 5.75 Å². The Labute approximate surface area is 123 Å². The average Bonchev–Trinajstić information content (AvgIpc) is 2.40. The first-order chi connectivity index (χ1) is 9.77. The smallest absolute Gasteiger partial charge is 0.265 e. The first kappa shape index (κ1) is 15.7. The zero-order chi connectivity index (χ0) is 15.6. The van der Waals surface area contributed by atoms with Gasteiger partial charge in [0.25, 0.3) is 9.05 Å². The molecule has 0 saturated heterocycles. The van der Waals surface area contributed by atoms with Crippen LogP contribution in [0.3, 0.4) is 0 Å². The van der Waals surface area contributed by atoms with Crippen LogP contribution in [0.4, 0.5) is 13.2 Å². The van der Waals surface area contributed by atoms with Crippen LogP contribution >= 0.6 is 10.7 Å². The second kappa shape index (κ2) is 5.95. The maximum atomic E-state index is 13.4. The second-order valence-corrected chi connectivity index (χ2v) is 6.59. The average molecular weight is 337 g/mol. The highest BCUT2D eigenvalue weighted by molar-refractivity contribution is 8.13. The normalized spacial score (nSPS) is 11.4. The van der Waals surface area contributed by atoms with Gasteiger partial charge in [0.2, 0.25) is 0 Å². The van der Waals surface area contributed by atoms with Crippen LogP contribution in [0.25, 0.3) is 0 Å². The third kappa shape index (κ3) is 3.89. The zero-order valence-electron chi connectivity index (χ0n) is 10.3. The van der Waals surface area contributed by atoms with E-state index in [2.05, 4.69) is 0 Å². The quantitative estimate of drug-likeness (QED) is 0.801. The molecule has 2 aromatic rings. The van der Waals surface area contributed by atoms with E-state index in [9.17, 15) is 21.6 Å². The van der Waals surface area contributed by atoms with Gasteiger partial charge >= 0.3 is 0 Å². The molecular formula is C13H8ClF3O3S. The molecule has 0 spiro atoms. The van der Waals surface area contributed by atoms with E-state index in [-0.39, 0.29) is 11.3 Å². The summed E-state index contributed by atoms with van der Waals surface area (Å²) in [6.07, 6.45) is 0. The van der Waals surface area contributed by atoms with Crippen LogP contribution in [0.15, 0.2) is 41.3 Å². The van der Waals surface area contributed by atoms with Gasteiger partial charge in [0.1, 0.15) is 34.7 Å². The molecule has 0 N–H and O–H groups in total. The lowest BCUT2D eigenvalue weighted by Gasteiger charge is -2.10. The van der Waals surface area contributed by atoms with Gasteiger partial charge < -0.3 is 4.74 Å². The molecule has 3 nitrogen and oxygen atoms in total. The minimum absolute atomic E-state index is 0.114. The summed E-state index contributed by atoms with van der Waals surface area (Å²) in [5.74, 6) is -2.46. The predicted molar refractivity (Wildman–Crippen MR) is 70.1 cm³/mol. The third-order valence-corrected chi connectivity index (χ3v) is 3.90. The Morgan fingerprint density at radius 3 is 2.29 bits per heavy atom. The maximum Gasteiger partial charge on any atom is 0.265 e. The van der Waals surface area contributed by atoms with Crippen LogP contribution < -0.4 is 4.74 Å². The number of benzene rings is 2. The molecule has 0 amide bonds. The van der Waals surface area contributed by atoms with Crippen molar-refractivity contribution in [3.8, 4) is 5.75 Å². The van der Waals surface area contributed by atoms with Gasteiger partial charge in [0.15, 0.2) is 0 Å². The highest BCUT2D eigenvalue weighted by atomic mass is 35.7. The van der Waals surface area contributed by atoms with Crippen LogP contribution in [-0.2, 0) is 15.7 Å². The summed E-state index contributed by atoms with van der Waals surface area (Å²) in [4.78, 5) is -0.582. The number of hydrogen-bond donors (Lipinski definition) is 0. The van der Waals surface area contributed by atoms with Crippen LogP contribution in [0, 0.1) is 17.5 Å². The van der Waals surface area contributed by atoms with Crippen molar-refractivity contribution in [2.45, 2.75) is 11.5 Å². The van der Waals surface area contributed by atoms with Gasteiger partial charge in [0, 0.05) is 16.2 Å². The van der Waals surface area contributed by atoms with Gasteiger partial charge in [-0.1, -0.05) is 0 Å². The Balaban J connectivity index is 2.30. The molecule has 0 fully saturated rings. The van der Waals surface area contributed by atoms with E-state index in [4.69, 9.17) is 15.4 Å².